The SMILES string of the molecule is Cc1n(C)cc[n+]1C(C)C. The van der Waals surface area contributed by atoms with Crippen LogP contribution in [0.4, 0.5) is 0 Å². The molecule has 0 aliphatic heterocycles. The Balaban J connectivity index is 3.05. The van der Waals surface area contributed by atoms with Gasteiger partial charge in [-0.15, -0.1) is 0 Å². The van der Waals surface area contributed by atoms with Crippen LogP contribution in [-0.2, 0) is 7.05 Å². The topological polar surface area (TPSA) is 8.81 Å². The molecular weight excluding hydrogens is 124 g/mol. The monoisotopic (exact) mass is 139 g/mol. The van der Waals surface area contributed by atoms with Crippen molar-refractivity contribution in [3.63, 3.8) is 0 Å². The van der Waals surface area contributed by atoms with E-state index in [0.29, 0.717) is 6.04 Å². The predicted octanol–water partition coefficient (Wildman–Crippen LogP) is 1.20. The Morgan fingerprint density at radius 1 is 1.50 bits per heavy atom. The van der Waals surface area contributed by atoms with Crippen LogP contribution in [0, 0.1) is 6.92 Å². The van der Waals surface area contributed by atoms with Crippen LogP contribution < -0.4 is 4.57 Å². The zero-order valence-electron chi connectivity index (χ0n) is 7.13. The number of nitrogens with zero attached hydrogens (tertiary/aromatic N) is 2. The first-order chi connectivity index (χ1) is 4.63. The molecule has 1 heterocycles. The summed E-state index contributed by atoms with van der Waals surface area (Å²) in [5.41, 5.74) is 0. The van der Waals surface area contributed by atoms with Crippen molar-refractivity contribution < 1.29 is 4.57 Å². The fraction of sp³-hybridized carbons (Fsp3) is 0.625. The summed E-state index contributed by atoms with van der Waals surface area (Å²) in [4.78, 5) is 0. The van der Waals surface area contributed by atoms with E-state index < -0.39 is 0 Å². The highest BCUT2D eigenvalue weighted by atomic mass is 15.1. The van der Waals surface area contributed by atoms with Gasteiger partial charge in [-0.3, -0.25) is 0 Å². The first-order valence-electron chi connectivity index (χ1n) is 3.66. The molecule has 56 valence electrons. The lowest BCUT2D eigenvalue weighted by atomic mass is 10.4. The minimum atomic E-state index is 0.571. The van der Waals surface area contributed by atoms with E-state index in [2.05, 4.69) is 49.3 Å². The summed E-state index contributed by atoms with van der Waals surface area (Å²) in [7, 11) is 2.06. The third-order valence-electron chi connectivity index (χ3n) is 1.89. The lowest BCUT2D eigenvalue weighted by molar-refractivity contribution is -0.721. The predicted molar refractivity (Wildman–Crippen MR) is 40.7 cm³/mol. The summed E-state index contributed by atoms with van der Waals surface area (Å²) in [6.45, 7) is 6.50. The standard InChI is InChI=1S/C8H15N2/c1-7(2)10-6-5-9(4)8(10)3/h5-7H,1-4H3/q+1. The first kappa shape index (κ1) is 7.32. The minimum Gasteiger partial charge on any atom is -0.237 e. The van der Waals surface area contributed by atoms with Gasteiger partial charge >= 0.3 is 0 Å². The Morgan fingerprint density at radius 2 is 2.10 bits per heavy atom. The van der Waals surface area contributed by atoms with Crippen molar-refractivity contribution in [3.05, 3.63) is 18.2 Å². The molecule has 2 heteroatoms. The normalized spacial score (nSPS) is 10.9. The minimum absolute atomic E-state index is 0.571. The smallest absolute Gasteiger partial charge is 0.237 e. The summed E-state index contributed by atoms with van der Waals surface area (Å²) in [6, 6.07) is 0.571. The van der Waals surface area contributed by atoms with Gasteiger partial charge in [0.2, 0.25) is 0 Å². The second-order valence-electron chi connectivity index (χ2n) is 2.96. The molecule has 1 rings (SSSR count). The quantitative estimate of drug-likeness (QED) is 0.517. The molecule has 0 aromatic carbocycles. The fourth-order valence-corrected chi connectivity index (χ4v) is 1.12. The molecule has 0 N–H and O–H groups in total. The summed E-state index contributed by atoms with van der Waals surface area (Å²) in [6.07, 6.45) is 4.19. The highest BCUT2D eigenvalue weighted by Crippen LogP contribution is 1.95. The van der Waals surface area contributed by atoms with Gasteiger partial charge in [-0.2, -0.15) is 0 Å². The van der Waals surface area contributed by atoms with Gasteiger partial charge in [-0.25, -0.2) is 9.13 Å². The van der Waals surface area contributed by atoms with Crippen LogP contribution in [0.5, 0.6) is 0 Å². The molecule has 1 aromatic rings. The maximum atomic E-state index is 2.25. The van der Waals surface area contributed by atoms with Crippen molar-refractivity contribution >= 4 is 0 Å². The van der Waals surface area contributed by atoms with Crippen molar-refractivity contribution in [1.82, 2.24) is 4.57 Å². The lowest BCUT2D eigenvalue weighted by Gasteiger charge is -2.00. The average molecular weight is 139 g/mol. The molecule has 0 saturated carbocycles. The number of aromatic nitrogens is 2. The van der Waals surface area contributed by atoms with Gasteiger partial charge in [0.15, 0.2) is 0 Å². The van der Waals surface area contributed by atoms with Crippen molar-refractivity contribution in [3.8, 4) is 0 Å². The number of hydrogen-bond acceptors (Lipinski definition) is 0. The van der Waals surface area contributed by atoms with Gasteiger partial charge in [0.05, 0.1) is 13.1 Å². The average Bonchev–Trinajstić information content (AvgIpc) is 2.14. The van der Waals surface area contributed by atoms with Crippen LogP contribution in [0.25, 0.3) is 0 Å². The van der Waals surface area contributed by atoms with Gasteiger partial charge in [-0.05, 0) is 13.8 Å². The molecule has 1 aromatic heterocycles. The van der Waals surface area contributed by atoms with Gasteiger partial charge in [-0.1, -0.05) is 0 Å². The van der Waals surface area contributed by atoms with Crippen LogP contribution in [0.1, 0.15) is 25.7 Å². The molecule has 0 aliphatic rings. The van der Waals surface area contributed by atoms with E-state index in [-0.39, 0.29) is 0 Å². The van der Waals surface area contributed by atoms with Crippen LogP contribution in [0.3, 0.4) is 0 Å². The van der Waals surface area contributed by atoms with Crippen molar-refractivity contribution in [2.45, 2.75) is 26.8 Å². The highest BCUT2D eigenvalue weighted by Gasteiger charge is 2.10. The molecule has 0 amide bonds. The molecule has 0 radical (unpaired) electrons. The maximum Gasteiger partial charge on any atom is 0.253 e. The Labute approximate surface area is 62.1 Å². The Bertz CT molecular complexity index is 223. The molecular formula is C8H15N2+. The zero-order valence-corrected chi connectivity index (χ0v) is 7.13. The van der Waals surface area contributed by atoms with Gasteiger partial charge in [0, 0.05) is 6.92 Å². The summed E-state index contributed by atoms with van der Waals surface area (Å²) in [5, 5.41) is 0. The summed E-state index contributed by atoms with van der Waals surface area (Å²) in [5.74, 6) is 1.30. The van der Waals surface area contributed by atoms with Crippen molar-refractivity contribution in [2.75, 3.05) is 0 Å². The van der Waals surface area contributed by atoms with Crippen LogP contribution >= 0.6 is 0 Å². The first-order valence-corrected chi connectivity index (χ1v) is 3.66. The number of rotatable bonds is 1. The van der Waals surface area contributed by atoms with Gasteiger partial charge in [0.25, 0.3) is 5.82 Å². The van der Waals surface area contributed by atoms with Crippen molar-refractivity contribution in [1.29, 1.82) is 0 Å². The third-order valence-corrected chi connectivity index (χ3v) is 1.89. The third kappa shape index (κ3) is 1.06. The molecule has 0 fully saturated rings. The lowest BCUT2D eigenvalue weighted by Crippen LogP contribution is -2.37. The van der Waals surface area contributed by atoms with E-state index in [9.17, 15) is 0 Å². The second-order valence-corrected chi connectivity index (χ2v) is 2.96. The molecule has 10 heavy (non-hydrogen) atoms. The van der Waals surface area contributed by atoms with Crippen LogP contribution in [0.2, 0.25) is 0 Å². The van der Waals surface area contributed by atoms with E-state index in [0.717, 1.165) is 0 Å². The van der Waals surface area contributed by atoms with Gasteiger partial charge < -0.3 is 0 Å². The molecule has 0 spiro atoms. The highest BCUT2D eigenvalue weighted by molar-refractivity contribution is 4.77. The van der Waals surface area contributed by atoms with Crippen molar-refractivity contribution in [2.24, 2.45) is 7.05 Å². The Morgan fingerprint density at radius 3 is 2.30 bits per heavy atom. The van der Waals surface area contributed by atoms with E-state index in [1.165, 1.54) is 5.82 Å². The number of hydrogen-bond donors (Lipinski definition) is 0. The number of imidazole rings is 1. The molecule has 0 atom stereocenters. The molecule has 0 aliphatic carbocycles. The number of aryl methyl sites for hydroxylation is 1. The Kier molecular flexibility index (Phi) is 1.79. The summed E-state index contributed by atoms with van der Waals surface area (Å²) < 4.78 is 4.38. The maximum absolute atomic E-state index is 2.25. The zero-order chi connectivity index (χ0) is 7.72. The fourth-order valence-electron chi connectivity index (χ4n) is 1.12. The van der Waals surface area contributed by atoms with E-state index in [4.69, 9.17) is 0 Å². The second kappa shape index (κ2) is 2.45. The van der Waals surface area contributed by atoms with Crippen LogP contribution in [-0.4, -0.2) is 4.57 Å². The molecule has 0 bridgehead atoms. The largest absolute Gasteiger partial charge is 0.253 e. The molecule has 2 nitrogen and oxygen atoms in total. The van der Waals surface area contributed by atoms with E-state index >= 15 is 0 Å². The van der Waals surface area contributed by atoms with E-state index in [1.54, 1.807) is 0 Å². The molecule has 0 unspecified atom stereocenters. The Hall–Kier alpha value is -0.790. The van der Waals surface area contributed by atoms with Crippen LogP contribution in [0.15, 0.2) is 12.4 Å². The van der Waals surface area contributed by atoms with Gasteiger partial charge in [0.1, 0.15) is 12.4 Å². The van der Waals surface area contributed by atoms with E-state index in [1.807, 2.05) is 0 Å². The molecule has 0 saturated heterocycles. The summed E-state index contributed by atoms with van der Waals surface area (Å²) >= 11 is 0.